The van der Waals surface area contributed by atoms with Crippen molar-refractivity contribution >= 4 is 16.8 Å². The molecule has 4 rings (SSSR count). The van der Waals surface area contributed by atoms with E-state index in [9.17, 15) is 14.7 Å². The second kappa shape index (κ2) is 8.88. The fraction of sp³-hybridized carbons (Fsp3) is 0.625. The Hall–Kier alpha value is -2.21. The van der Waals surface area contributed by atoms with Crippen LogP contribution in [0.3, 0.4) is 0 Å². The van der Waals surface area contributed by atoms with E-state index < -0.39 is 5.60 Å². The monoisotopic (exact) mass is 411 g/mol. The van der Waals surface area contributed by atoms with Crippen molar-refractivity contribution in [1.29, 1.82) is 0 Å². The van der Waals surface area contributed by atoms with Crippen LogP contribution in [0.5, 0.6) is 0 Å². The average Bonchev–Trinajstić information content (AvgIpc) is 2.75. The number of hydrogen-bond acceptors (Lipinski definition) is 4. The van der Waals surface area contributed by atoms with Gasteiger partial charge in [0, 0.05) is 19.5 Å². The van der Waals surface area contributed by atoms with E-state index in [1.54, 1.807) is 6.07 Å². The molecule has 2 fully saturated rings. The maximum atomic E-state index is 12.8. The largest absolute Gasteiger partial charge is 0.388 e. The number of benzene rings is 1. The summed E-state index contributed by atoms with van der Waals surface area (Å²) in [5.74, 6) is 0.919. The van der Waals surface area contributed by atoms with Gasteiger partial charge >= 0.3 is 0 Å². The molecule has 0 radical (unpaired) electrons. The number of aromatic nitrogens is 2. The van der Waals surface area contributed by atoms with Crippen molar-refractivity contribution in [3.8, 4) is 0 Å². The first-order valence-electron chi connectivity index (χ1n) is 11.4. The third-order valence-corrected chi connectivity index (χ3v) is 6.98. The molecule has 2 heterocycles. The molecule has 0 unspecified atom stereocenters. The van der Waals surface area contributed by atoms with Gasteiger partial charge in [0.2, 0.25) is 5.91 Å². The van der Waals surface area contributed by atoms with Crippen molar-refractivity contribution in [1.82, 2.24) is 14.5 Å². The van der Waals surface area contributed by atoms with E-state index in [1.165, 1.54) is 43.0 Å². The summed E-state index contributed by atoms with van der Waals surface area (Å²) >= 11 is 0. The maximum Gasteiger partial charge on any atom is 0.261 e. The third kappa shape index (κ3) is 4.75. The molecule has 1 saturated carbocycles. The smallest absolute Gasteiger partial charge is 0.261 e. The van der Waals surface area contributed by atoms with Crippen LogP contribution in [-0.4, -0.2) is 44.2 Å². The summed E-state index contributed by atoms with van der Waals surface area (Å²) in [6.45, 7) is 3.29. The molecule has 30 heavy (non-hydrogen) atoms. The molecule has 1 aliphatic heterocycles. The number of carbonyl (C=O) groups is 1. The number of piperidine rings is 1. The number of likely N-dealkylation sites (tertiary alicyclic amines) is 1. The van der Waals surface area contributed by atoms with Crippen LogP contribution in [0.15, 0.2) is 29.3 Å². The van der Waals surface area contributed by atoms with Crippen molar-refractivity contribution in [3.63, 3.8) is 0 Å². The molecule has 0 bridgehead atoms. The molecule has 0 atom stereocenters. The fourth-order valence-corrected chi connectivity index (χ4v) is 4.99. The van der Waals surface area contributed by atoms with Gasteiger partial charge in [-0.3, -0.25) is 14.2 Å². The van der Waals surface area contributed by atoms with Crippen molar-refractivity contribution in [2.24, 2.45) is 5.92 Å². The van der Waals surface area contributed by atoms with Crippen LogP contribution >= 0.6 is 0 Å². The second-order valence-corrected chi connectivity index (χ2v) is 9.35. The molecule has 1 N–H and O–H groups in total. The Kier molecular flexibility index (Phi) is 6.23. The molecule has 0 spiro atoms. The topological polar surface area (TPSA) is 75.4 Å². The van der Waals surface area contributed by atoms with Crippen LogP contribution in [0.1, 0.15) is 63.4 Å². The fourth-order valence-electron chi connectivity index (χ4n) is 4.99. The summed E-state index contributed by atoms with van der Waals surface area (Å²) in [4.78, 5) is 31.7. The lowest BCUT2D eigenvalue weighted by atomic mass is 9.86. The normalized spacial score (nSPS) is 19.9. The molecule has 1 aromatic heterocycles. The lowest BCUT2D eigenvalue weighted by molar-refractivity contribution is -0.136. The number of amides is 1. The van der Waals surface area contributed by atoms with Gasteiger partial charge in [-0.1, -0.05) is 38.2 Å². The minimum Gasteiger partial charge on any atom is -0.388 e. The number of carbonyl (C=O) groups excluding carboxylic acids is 1. The average molecular weight is 412 g/mol. The van der Waals surface area contributed by atoms with Crippen LogP contribution < -0.4 is 5.56 Å². The van der Waals surface area contributed by atoms with Crippen molar-refractivity contribution < 1.29 is 9.90 Å². The molecule has 2 aliphatic rings. The van der Waals surface area contributed by atoms with Gasteiger partial charge < -0.3 is 10.0 Å². The number of rotatable bonds is 5. The molecular weight excluding hydrogens is 378 g/mol. The zero-order chi connectivity index (χ0) is 21.1. The van der Waals surface area contributed by atoms with Gasteiger partial charge in [-0.15, -0.1) is 0 Å². The van der Waals surface area contributed by atoms with Crippen LogP contribution in [-0.2, 0) is 11.3 Å². The highest BCUT2D eigenvalue weighted by Gasteiger charge is 2.34. The Morgan fingerprint density at radius 2 is 1.93 bits per heavy atom. The maximum absolute atomic E-state index is 12.8. The summed E-state index contributed by atoms with van der Waals surface area (Å²) in [5, 5.41) is 11.6. The predicted molar refractivity (Wildman–Crippen MR) is 117 cm³/mol. The zero-order valence-corrected chi connectivity index (χ0v) is 18.0. The van der Waals surface area contributed by atoms with Crippen molar-refractivity contribution in [3.05, 3.63) is 40.4 Å². The number of nitrogens with zero attached hydrogens (tertiary/aromatic N) is 3. The van der Waals surface area contributed by atoms with Gasteiger partial charge in [-0.2, -0.15) is 0 Å². The van der Waals surface area contributed by atoms with Gasteiger partial charge in [0.25, 0.3) is 5.56 Å². The Morgan fingerprint density at radius 3 is 2.67 bits per heavy atom. The molecule has 1 saturated heterocycles. The van der Waals surface area contributed by atoms with E-state index in [0.717, 1.165) is 12.0 Å². The van der Waals surface area contributed by atoms with Crippen molar-refractivity contribution in [2.45, 2.75) is 76.9 Å². The zero-order valence-electron chi connectivity index (χ0n) is 18.0. The summed E-state index contributed by atoms with van der Waals surface area (Å²) in [6.07, 6.45) is 10.6. The van der Waals surface area contributed by atoms with E-state index in [-0.39, 0.29) is 18.0 Å². The number of aryl methyl sites for hydroxylation is 1. The second-order valence-electron chi connectivity index (χ2n) is 9.35. The molecule has 1 aromatic carbocycles. The van der Waals surface area contributed by atoms with Crippen LogP contribution in [0.4, 0.5) is 0 Å². The highest BCUT2D eigenvalue weighted by atomic mass is 16.3. The predicted octanol–water partition coefficient (Wildman–Crippen LogP) is 3.42. The molecule has 6 nitrogen and oxygen atoms in total. The third-order valence-electron chi connectivity index (χ3n) is 6.98. The van der Waals surface area contributed by atoms with E-state index in [2.05, 4.69) is 4.98 Å². The number of fused-ring (bicyclic) bond motifs is 1. The highest BCUT2D eigenvalue weighted by molar-refractivity contribution is 5.78. The minimum absolute atomic E-state index is 0.126. The molecule has 1 amide bonds. The quantitative estimate of drug-likeness (QED) is 0.818. The Morgan fingerprint density at radius 1 is 1.20 bits per heavy atom. The molecule has 6 heteroatoms. The molecule has 162 valence electrons. The SMILES string of the molecule is Cc1ccc2c(=O)n(CC3(O)CCN(C(=O)CCC4CCCCC4)CC3)cnc2c1. The first kappa shape index (κ1) is 21.0. The van der Waals surface area contributed by atoms with Gasteiger partial charge in [0.1, 0.15) is 0 Å². The van der Waals surface area contributed by atoms with E-state index in [0.29, 0.717) is 49.2 Å². The van der Waals surface area contributed by atoms with E-state index in [1.807, 2.05) is 24.0 Å². The van der Waals surface area contributed by atoms with Gasteiger partial charge in [-0.25, -0.2) is 4.98 Å². The summed E-state index contributed by atoms with van der Waals surface area (Å²) in [5.41, 5.74) is 0.636. The Bertz CT molecular complexity index is 954. The first-order chi connectivity index (χ1) is 14.4. The molecule has 2 aromatic rings. The van der Waals surface area contributed by atoms with E-state index in [4.69, 9.17) is 0 Å². The van der Waals surface area contributed by atoms with Crippen LogP contribution in [0.25, 0.3) is 10.9 Å². The Balaban J connectivity index is 1.34. The summed E-state index contributed by atoms with van der Waals surface area (Å²) in [7, 11) is 0. The van der Waals surface area contributed by atoms with Gasteiger partial charge in [0.15, 0.2) is 0 Å². The molecular formula is C24H33N3O3. The number of aliphatic hydroxyl groups is 1. The van der Waals surface area contributed by atoms with Crippen LogP contribution in [0, 0.1) is 12.8 Å². The van der Waals surface area contributed by atoms with Crippen molar-refractivity contribution in [2.75, 3.05) is 13.1 Å². The first-order valence-corrected chi connectivity index (χ1v) is 11.4. The summed E-state index contributed by atoms with van der Waals surface area (Å²) < 4.78 is 1.51. The van der Waals surface area contributed by atoms with Gasteiger partial charge in [-0.05, 0) is 49.8 Å². The Labute approximate surface area is 177 Å². The van der Waals surface area contributed by atoms with Gasteiger partial charge in [0.05, 0.1) is 29.4 Å². The van der Waals surface area contributed by atoms with Crippen LogP contribution in [0.2, 0.25) is 0 Å². The van der Waals surface area contributed by atoms with E-state index >= 15 is 0 Å². The standard InChI is InChI=1S/C24H33N3O3/c1-18-7-9-20-21(15-18)25-17-27(23(20)29)16-24(30)11-13-26(14-12-24)22(28)10-8-19-5-3-2-4-6-19/h7,9,15,17,19,30H,2-6,8,10-14,16H2,1H3. The molecule has 1 aliphatic carbocycles. The lowest BCUT2D eigenvalue weighted by Crippen LogP contribution is -2.49. The summed E-state index contributed by atoms with van der Waals surface area (Å²) in [6, 6.07) is 5.60. The minimum atomic E-state index is -0.982. The number of hydrogen-bond donors (Lipinski definition) is 1. The lowest BCUT2D eigenvalue weighted by Gasteiger charge is -2.38. The highest BCUT2D eigenvalue weighted by Crippen LogP contribution is 2.29.